The third kappa shape index (κ3) is 4.03. The summed E-state index contributed by atoms with van der Waals surface area (Å²) >= 11 is 3.51. The van der Waals surface area contributed by atoms with Crippen LogP contribution in [0.1, 0.15) is 52.5 Å². The number of hydrogen-bond donors (Lipinski definition) is 1. The van der Waals surface area contributed by atoms with Crippen molar-refractivity contribution in [2.75, 3.05) is 0 Å². The molecule has 1 aliphatic carbocycles. The van der Waals surface area contributed by atoms with E-state index in [0.29, 0.717) is 12.0 Å². The molecule has 0 spiro atoms. The summed E-state index contributed by atoms with van der Waals surface area (Å²) in [7, 11) is 0. The van der Waals surface area contributed by atoms with Crippen molar-refractivity contribution in [2.45, 2.75) is 53.1 Å². The zero-order chi connectivity index (χ0) is 19.9. The second-order valence-electron chi connectivity index (χ2n) is 8.36. The first-order valence-electron chi connectivity index (χ1n) is 9.29. The molecule has 1 aromatic rings. The molecule has 0 bridgehead atoms. The van der Waals surface area contributed by atoms with Crippen molar-refractivity contribution in [1.29, 1.82) is 0 Å². The molecule has 0 amide bonds. The minimum absolute atomic E-state index is 0.150. The van der Waals surface area contributed by atoms with E-state index in [1.54, 1.807) is 0 Å². The maximum atomic E-state index is 13.1. The van der Waals surface area contributed by atoms with Crippen LogP contribution < -0.4 is 5.32 Å². The zero-order valence-electron chi connectivity index (χ0n) is 16.4. The topological polar surface area (TPSA) is 55.4 Å². The molecular weight excluding hydrogens is 406 g/mol. The number of halogens is 1. The largest absolute Gasteiger partial charge is 0.460 e. The first-order valence-corrected chi connectivity index (χ1v) is 10.1. The number of hydrogen-bond acceptors (Lipinski definition) is 4. The molecule has 4 nitrogen and oxygen atoms in total. The van der Waals surface area contributed by atoms with Gasteiger partial charge in [-0.1, -0.05) is 48.0 Å². The van der Waals surface area contributed by atoms with Crippen molar-refractivity contribution in [2.24, 2.45) is 11.3 Å². The van der Waals surface area contributed by atoms with Crippen LogP contribution in [0, 0.1) is 11.3 Å². The number of esters is 1. The van der Waals surface area contributed by atoms with Crippen molar-refractivity contribution in [3.05, 3.63) is 57.3 Å². The van der Waals surface area contributed by atoms with Crippen LogP contribution in [-0.2, 0) is 14.3 Å². The monoisotopic (exact) mass is 431 g/mol. The summed E-state index contributed by atoms with van der Waals surface area (Å²) in [5.74, 6) is -0.968. The molecule has 0 aromatic heterocycles. The quantitative estimate of drug-likeness (QED) is 0.694. The average molecular weight is 432 g/mol. The maximum Gasteiger partial charge on any atom is 0.336 e. The van der Waals surface area contributed by atoms with Crippen LogP contribution in [0.2, 0.25) is 0 Å². The Hall–Kier alpha value is -1.88. The molecule has 144 valence electrons. The van der Waals surface area contributed by atoms with Crippen molar-refractivity contribution in [3.8, 4) is 0 Å². The Kier molecular flexibility index (Phi) is 5.35. The molecular formula is C22H26BrNO3. The van der Waals surface area contributed by atoms with E-state index in [9.17, 15) is 9.59 Å². The standard InChI is InChI=1S/C22H26BrNO3/c1-12(2)27-21(26)18-13(3)24-16-10-22(4,5)11-17(25)20(16)19(18)14-7-6-8-15(23)9-14/h6-10,12,19-20,24H,11H2,1-5H3. The summed E-state index contributed by atoms with van der Waals surface area (Å²) < 4.78 is 6.44. The lowest BCUT2D eigenvalue weighted by Gasteiger charge is -2.41. The number of Topliss-reactive ketones (excluding diaryl/α,β-unsaturated/α-hetero) is 1. The number of carbonyl (C=O) groups excluding carboxylic acids is 2. The van der Waals surface area contributed by atoms with Crippen molar-refractivity contribution < 1.29 is 14.3 Å². The maximum absolute atomic E-state index is 13.1. The van der Waals surface area contributed by atoms with E-state index in [1.165, 1.54) is 0 Å². The van der Waals surface area contributed by atoms with Gasteiger partial charge in [-0.3, -0.25) is 4.79 Å². The number of fused-ring (bicyclic) bond motifs is 1. The molecule has 0 fully saturated rings. The smallest absolute Gasteiger partial charge is 0.336 e. The predicted octanol–water partition coefficient (Wildman–Crippen LogP) is 4.86. The Morgan fingerprint density at radius 3 is 2.63 bits per heavy atom. The van der Waals surface area contributed by atoms with Gasteiger partial charge in [0.2, 0.25) is 0 Å². The lowest BCUT2D eigenvalue weighted by atomic mass is 9.66. The summed E-state index contributed by atoms with van der Waals surface area (Å²) in [5, 5.41) is 3.33. The van der Waals surface area contributed by atoms with Gasteiger partial charge in [0.15, 0.2) is 0 Å². The summed E-state index contributed by atoms with van der Waals surface area (Å²) in [6, 6.07) is 7.83. The Labute approximate surface area is 169 Å². The fourth-order valence-electron chi connectivity index (χ4n) is 4.07. The van der Waals surface area contributed by atoms with Crippen molar-refractivity contribution in [3.63, 3.8) is 0 Å². The Morgan fingerprint density at radius 1 is 1.30 bits per heavy atom. The minimum Gasteiger partial charge on any atom is -0.460 e. The molecule has 2 aliphatic rings. The molecule has 2 unspecified atom stereocenters. The normalized spacial score (nSPS) is 24.3. The van der Waals surface area contributed by atoms with Gasteiger partial charge in [-0.05, 0) is 43.9 Å². The molecule has 1 aromatic carbocycles. The fraction of sp³-hybridized carbons (Fsp3) is 0.455. The highest BCUT2D eigenvalue weighted by Gasteiger charge is 2.46. The number of ether oxygens (including phenoxy) is 1. The highest BCUT2D eigenvalue weighted by atomic mass is 79.9. The summed E-state index contributed by atoms with van der Waals surface area (Å²) in [5.41, 5.74) is 2.91. The van der Waals surface area contributed by atoms with Gasteiger partial charge in [-0.25, -0.2) is 4.79 Å². The van der Waals surface area contributed by atoms with Gasteiger partial charge < -0.3 is 10.1 Å². The van der Waals surface area contributed by atoms with Gasteiger partial charge in [-0.2, -0.15) is 0 Å². The van der Waals surface area contributed by atoms with Crippen LogP contribution >= 0.6 is 15.9 Å². The van der Waals surface area contributed by atoms with Crippen LogP contribution in [0.25, 0.3) is 0 Å². The molecule has 5 heteroatoms. The van der Waals surface area contributed by atoms with Gasteiger partial charge in [0.25, 0.3) is 0 Å². The molecule has 27 heavy (non-hydrogen) atoms. The van der Waals surface area contributed by atoms with Crippen LogP contribution in [-0.4, -0.2) is 17.9 Å². The lowest BCUT2D eigenvalue weighted by Crippen LogP contribution is -2.43. The Morgan fingerprint density at radius 2 is 2.00 bits per heavy atom. The van der Waals surface area contributed by atoms with Gasteiger partial charge in [0.05, 0.1) is 17.6 Å². The second kappa shape index (κ2) is 7.27. The Bertz CT molecular complexity index is 851. The highest BCUT2D eigenvalue weighted by Crippen LogP contribution is 2.47. The first-order chi connectivity index (χ1) is 12.6. The lowest BCUT2D eigenvalue weighted by molar-refractivity contribution is -0.143. The molecule has 1 N–H and O–H groups in total. The van der Waals surface area contributed by atoms with E-state index >= 15 is 0 Å². The number of rotatable bonds is 3. The SMILES string of the molecule is CC1=C(C(=O)OC(C)C)C(c2cccc(Br)c2)C2C(=O)CC(C)(C)C=C2N1. The molecule has 3 rings (SSSR count). The van der Waals surface area contributed by atoms with E-state index in [-0.39, 0.29) is 29.2 Å². The van der Waals surface area contributed by atoms with E-state index in [1.807, 2.05) is 45.0 Å². The molecule has 2 atom stereocenters. The first kappa shape index (κ1) is 19.9. The third-order valence-corrected chi connectivity index (χ3v) is 5.50. The number of nitrogens with one attached hydrogen (secondary N) is 1. The van der Waals surface area contributed by atoms with E-state index in [0.717, 1.165) is 21.4 Å². The third-order valence-electron chi connectivity index (χ3n) is 5.01. The van der Waals surface area contributed by atoms with E-state index < -0.39 is 5.92 Å². The highest BCUT2D eigenvalue weighted by molar-refractivity contribution is 9.10. The summed E-state index contributed by atoms with van der Waals surface area (Å²) in [6.07, 6.45) is 2.37. The predicted molar refractivity (Wildman–Crippen MR) is 109 cm³/mol. The van der Waals surface area contributed by atoms with Gasteiger partial charge >= 0.3 is 5.97 Å². The molecule has 1 aliphatic heterocycles. The van der Waals surface area contributed by atoms with Crippen LogP contribution in [0.5, 0.6) is 0 Å². The molecule has 1 heterocycles. The number of carbonyl (C=O) groups is 2. The van der Waals surface area contributed by atoms with E-state index in [4.69, 9.17) is 4.74 Å². The molecule has 0 saturated heterocycles. The summed E-state index contributed by atoms with van der Waals surface area (Å²) in [4.78, 5) is 26.1. The van der Waals surface area contributed by atoms with Crippen LogP contribution in [0.15, 0.2) is 51.8 Å². The molecule has 0 saturated carbocycles. The second-order valence-corrected chi connectivity index (χ2v) is 9.28. The van der Waals surface area contributed by atoms with E-state index in [2.05, 4.69) is 41.2 Å². The number of benzene rings is 1. The van der Waals surface area contributed by atoms with Gasteiger partial charge in [-0.15, -0.1) is 0 Å². The summed E-state index contributed by atoms with van der Waals surface area (Å²) in [6.45, 7) is 9.66. The molecule has 0 radical (unpaired) electrons. The average Bonchev–Trinajstić information content (AvgIpc) is 2.51. The van der Waals surface area contributed by atoms with Gasteiger partial charge in [0.1, 0.15) is 5.78 Å². The van der Waals surface area contributed by atoms with Crippen molar-refractivity contribution in [1.82, 2.24) is 5.32 Å². The fourth-order valence-corrected chi connectivity index (χ4v) is 4.49. The van der Waals surface area contributed by atoms with Gasteiger partial charge in [0, 0.05) is 28.2 Å². The van der Waals surface area contributed by atoms with Crippen LogP contribution in [0.4, 0.5) is 0 Å². The number of ketones is 1. The van der Waals surface area contributed by atoms with Crippen molar-refractivity contribution >= 4 is 27.7 Å². The number of allylic oxidation sites excluding steroid dienone is 3. The van der Waals surface area contributed by atoms with Crippen LogP contribution in [0.3, 0.4) is 0 Å². The minimum atomic E-state index is -0.397. The zero-order valence-corrected chi connectivity index (χ0v) is 18.0. The Balaban J connectivity index is 2.19.